The van der Waals surface area contributed by atoms with Crippen molar-refractivity contribution in [3.05, 3.63) is 98.2 Å². The summed E-state index contributed by atoms with van der Waals surface area (Å²) < 4.78 is 34.1. The van der Waals surface area contributed by atoms with Gasteiger partial charge < -0.3 is 13.8 Å². The van der Waals surface area contributed by atoms with Gasteiger partial charge in [-0.15, -0.1) is 0 Å². The quantitative estimate of drug-likeness (QED) is 0.205. The molecule has 1 aromatic heterocycles. The Morgan fingerprint density at radius 2 is 1.68 bits per heavy atom. The molecule has 3 atom stereocenters. The molecule has 0 aliphatic heterocycles. The molecule has 0 radical (unpaired) electrons. The minimum atomic E-state index is -2.22. The number of nitrogens with zero attached hydrogens (tertiary/aromatic N) is 1. The van der Waals surface area contributed by atoms with Gasteiger partial charge in [-0.2, -0.15) is 0 Å². The molecule has 0 N–H and O–H groups in total. The van der Waals surface area contributed by atoms with Gasteiger partial charge in [-0.1, -0.05) is 64.2 Å². The largest absolute Gasteiger partial charge is 1.00 e. The van der Waals surface area contributed by atoms with E-state index in [-0.39, 0.29) is 41.1 Å². The first-order chi connectivity index (χ1) is 17.9. The maximum Gasteiger partial charge on any atom is 1.00 e. The molecule has 6 rings (SSSR count). The second kappa shape index (κ2) is 11.6. The van der Waals surface area contributed by atoms with Crippen LogP contribution in [0.25, 0.3) is 11.3 Å². The van der Waals surface area contributed by atoms with Gasteiger partial charge in [0.2, 0.25) is 0 Å². The molecule has 10 heteroatoms. The number of halogens is 3. The fourth-order valence-corrected chi connectivity index (χ4v) is 6.08. The van der Waals surface area contributed by atoms with Gasteiger partial charge >= 0.3 is 29.6 Å². The van der Waals surface area contributed by atoms with Crippen LogP contribution in [-0.2, 0) is 17.7 Å². The smallest absolute Gasteiger partial charge is 0.768 e. The molecule has 2 aliphatic carbocycles. The molecule has 0 amide bonds. The summed E-state index contributed by atoms with van der Waals surface area (Å²) in [6.45, 7) is 0.251. The summed E-state index contributed by atoms with van der Waals surface area (Å²) in [5.74, 6) is 2.41. The van der Waals surface area contributed by atoms with Gasteiger partial charge in [0.25, 0.3) is 0 Å². The van der Waals surface area contributed by atoms with Crippen LogP contribution in [0.1, 0.15) is 59.5 Å². The first kappa shape index (κ1) is 28.2. The maximum atomic E-state index is 11.1. The first-order valence-corrected chi connectivity index (χ1v) is 14.2. The van der Waals surface area contributed by atoms with Crippen LogP contribution in [0.3, 0.4) is 0 Å². The fourth-order valence-electron chi connectivity index (χ4n) is 4.84. The van der Waals surface area contributed by atoms with E-state index in [0.717, 1.165) is 41.7 Å². The van der Waals surface area contributed by atoms with E-state index >= 15 is 0 Å². The zero-order valence-corrected chi connectivity index (χ0v) is 25.5. The van der Waals surface area contributed by atoms with Gasteiger partial charge in [0.1, 0.15) is 23.8 Å². The molecule has 190 valence electrons. The van der Waals surface area contributed by atoms with Crippen molar-refractivity contribution in [1.29, 1.82) is 0 Å². The second-order valence-electron chi connectivity index (χ2n) is 9.47. The standard InChI is InChI=1S/C28H22Cl3NO4S.Na/c29-23-2-1-3-24(30)26(23)27-22(28(36-32-27)16-4-5-16)14-35-17-8-11-19(25(31)12-17)21-13-20(21)15-6-9-18(10-7-15)37(33)34;/h1-3,6-12,16,20-21H,4-5,13-14H2,(H,33,34);/q;+1/p-1. The Kier molecular flexibility index (Phi) is 8.63. The fraction of sp³-hybridized carbons (Fsp3) is 0.250. The summed E-state index contributed by atoms with van der Waals surface area (Å²) >= 11 is 17.4. The van der Waals surface area contributed by atoms with Crippen LogP contribution in [0, 0.1) is 0 Å². The van der Waals surface area contributed by atoms with Crippen LogP contribution in [0.4, 0.5) is 0 Å². The van der Waals surface area contributed by atoms with Gasteiger partial charge in [-0.05, 0) is 89.7 Å². The molecule has 5 nitrogen and oxygen atoms in total. The number of ether oxygens (including phenoxy) is 1. The molecule has 2 aliphatic rings. The predicted octanol–water partition coefficient (Wildman–Crippen LogP) is 5.27. The summed E-state index contributed by atoms with van der Waals surface area (Å²) in [5, 5.41) is 5.97. The van der Waals surface area contributed by atoms with Crippen LogP contribution < -0.4 is 34.3 Å². The third-order valence-electron chi connectivity index (χ3n) is 7.01. The van der Waals surface area contributed by atoms with Gasteiger partial charge in [-0.3, -0.25) is 4.21 Å². The second-order valence-corrected chi connectivity index (χ2v) is 11.6. The van der Waals surface area contributed by atoms with Crippen molar-refractivity contribution in [1.82, 2.24) is 5.16 Å². The average molecular weight is 597 g/mol. The van der Waals surface area contributed by atoms with Crippen LogP contribution in [0.15, 0.2) is 70.1 Å². The van der Waals surface area contributed by atoms with E-state index in [1.807, 2.05) is 30.3 Å². The van der Waals surface area contributed by atoms with E-state index in [1.165, 1.54) is 0 Å². The minimum Gasteiger partial charge on any atom is -0.768 e. The molecular weight excluding hydrogens is 576 g/mol. The normalized spacial score (nSPS) is 19.1. The van der Waals surface area contributed by atoms with Crippen LogP contribution in [0.5, 0.6) is 5.75 Å². The molecule has 0 bridgehead atoms. The van der Waals surface area contributed by atoms with Crippen molar-refractivity contribution in [3.8, 4) is 17.0 Å². The summed E-state index contributed by atoms with van der Waals surface area (Å²) in [4.78, 5) is 0.290. The number of hydrogen-bond donors (Lipinski definition) is 0. The topological polar surface area (TPSA) is 75.4 Å². The Morgan fingerprint density at radius 1 is 0.974 bits per heavy atom. The summed E-state index contributed by atoms with van der Waals surface area (Å²) in [7, 11) is 0. The third kappa shape index (κ3) is 5.74. The Bertz CT molecular complexity index is 1490. The Labute approximate surface area is 260 Å². The van der Waals surface area contributed by atoms with Crippen molar-refractivity contribution < 1.29 is 47.6 Å². The number of hydrogen-bond acceptors (Lipinski definition) is 5. The molecule has 3 unspecified atom stereocenters. The van der Waals surface area contributed by atoms with E-state index in [0.29, 0.717) is 49.8 Å². The van der Waals surface area contributed by atoms with Crippen LogP contribution in [-0.4, -0.2) is 13.9 Å². The first-order valence-electron chi connectivity index (χ1n) is 11.9. The molecule has 2 saturated carbocycles. The molecule has 0 spiro atoms. The van der Waals surface area contributed by atoms with Crippen molar-refractivity contribution in [2.24, 2.45) is 0 Å². The Morgan fingerprint density at radius 3 is 2.32 bits per heavy atom. The molecular formula is C28H21Cl3NNaO4S. The van der Waals surface area contributed by atoms with Gasteiger partial charge in [-0.25, -0.2) is 0 Å². The SMILES string of the molecule is O=S([O-])c1ccc(C2CC2c2ccc(OCc3c(-c4c(Cl)cccc4Cl)noc3C3CC3)cc2Cl)cc1.[Na+]. The van der Waals surface area contributed by atoms with Crippen molar-refractivity contribution in [2.45, 2.75) is 48.5 Å². The molecule has 3 aromatic carbocycles. The summed E-state index contributed by atoms with van der Waals surface area (Å²) in [6, 6.07) is 18.1. The van der Waals surface area contributed by atoms with Gasteiger partial charge in [0.05, 0.1) is 15.6 Å². The molecule has 4 aromatic rings. The number of rotatable bonds is 8. The van der Waals surface area contributed by atoms with E-state index in [1.54, 1.807) is 30.3 Å². The van der Waals surface area contributed by atoms with Gasteiger partial charge in [0, 0.05) is 21.4 Å². The van der Waals surface area contributed by atoms with E-state index < -0.39 is 11.1 Å². The zero-order valence-electron chi connectivity index (χ0n) is 20.5. The van der Waals surface area contributed by atoms with E-state index in [9.17, 15) is 8.76 Å². The summed E-state index contributed by atoms with van der Waals surface area (Å²) in [6.07, 6.45) is 3.07. The van der Waals surface area contributed by atoms with Crippen LogP contribution in [0.2, 0.25) is 15.1 Å². The predicted molar refractivity (Wildman–Crippen MR) is 143 cm³/mol. The monoisotopic (exact) mass is 595 g/mol. The number of benzene rings is 3. The van der Waals surface area contributed by atoms with E-state index in [4.69, 9.17) is 44.1 Å². The Balaban J connectivity index is 0.00000294. The molecule has 0 saturated heterocycles. The summed E-state index contributed by atoms with van der Waals surface area (Å²) in [5.41, 5.74) is 4.27. The molecule has 2 fully saturated rings. The van der Waals surface area contributed by atoms with E-state index in [2.05, 4.69) is 5.16 Å². The maximum absolute atomic E-state index is 11.1. The molecule has 38 heavy (non-hydrogen) atoms. The Hall–Kier alpha value is -1.35. The minimum absolute atomic E-state index is 0. The third-order valence-corrected chi connectivity index (χ3v) is 8.63. The van der Waals surface area contributed by atoms with Crippen molar-refractivity contribution in [3.63, 3.8) is 0 Å². The van der Waals surface area contributed by atoms with Crippen LogP contribution >= 0.6 is 34.8 Å². The van der Waals surface area contributed by atoms with Crippen molar-refractivity contribution >= 4 is 45.9 Å². The average Bonchev–Trinajstić information content (AvgIpc) is 3.81. The van der Waals surface area contributed by atoms with Crippen molar-refractivity contribution in [2.75, 3.05) is 0 Å². The molecule has 1 heterocycles. The zero-order chi connectivity index (χ0) is 25.7. The van der Waals surface area contributed by atoms with Gasteiger partial charge in [0.15, 0.2) is 0 Å². The number of aromatic nitrogens is 1.